The molecule has 1 fully saturated rings. The van der Waals surface area contributed by atoms with Crippen molar-refractivity contribution in [3.05, 3.63) is 21.8 Å². The summed E-state index contributed by atoms with van der Waals surface area (Å²) in [6.45, 7) is 3.45. The Hall–Kier alpha value is -0.450. The predicted octanol–water partition coefficient (Wildman–Crippen LogP) is 2.97. The minimum absolute atomic E-state index is 0.869. The zero-order chi connectivity index (χ0) is 11.0. The molecule has 15 heavy (non-hydrogen) atoms. The van der Waals surface area contributed by atoms with E-state index in [2.05, 4.69) is 53.6 Å². The predicted molar refractivity (Wildman–Crippen MR) is 74.1 cm³/mol. The lowest BCUT2D eigenvalue weighted by molar-refractivity contribution is 0.726. The molecular formula is C12H17IN2. The lowest BCUT2D eigenvalue weighted by Gasteiger charge is -2.21. The van der Waals surface area contributed by atoms with Crippen molar-refractivity contribution < 1.29 is 0 Å². The van der Waals surface area contributed by atoms with E-state index >= 15 is 0 Å². The molecule has 0 amide bonds. The lowest BCUT2D eigenvalue weighted by atomic mass is 10.2. The molecular weight excluding hydrogens is 299 g/mol. The third kappa shape index (κ3) is 2.56. The van der Waals surface area contributed by atoms with E-state index < -0.39 is 0 Å². The Balaban J connectivity index is 2.07. The number of halogens is 1. The van der Waals surface area contributed by atoms with Crippen molar-refractivity contribution >= 4 is 34.0 Å². The highest BCUT2D eigenvalue weighted by molar-refractivity contribution is 14.1. The molecule has 3 heteroatoms. The third-order valence-corrected chi connectivity index (χ3v) is 3.86. The quantitative estimate of drug-likeness (QED) is 0.686. The molecule has 0 heterocycles. The van der Waals surface area contributed by atoms with Gasteiger partial charge in [0.15, 0.2) is 0 Å². The molecule has 2 atom stereocenters. The van der Waals surface area contributed by atoms with Crippen molar-refractivity contribution in [1.82, 2.24) is 0 Å². The Morgan fingerprint density at radius 1 is 1.53 bits per heavy atom. The Kier molecular flexibility index (Phi) is 3.09. The maximum absolute atomic E-state index is 6.01. The number of anilines is 2. The van der Waals surface area contributed by atoms with Gasteiger partial charge in [-0.3, -0.25) is 0 Å². The van der Waals surface area contributed by atoms with Gasteiger partial charge in [0.05, 0.1) is 11.4 Å². The molecule has 0 spiro atoms. The standard InChI is InChI=1S/C12H17IN2/c1-8-5-9(8)7-15(2)12-4-3-10(13)6-11(12)14/h3-4,6,8-9H,5,7,14H2,1-2H3. The third-order valence-electron chi connectivity index (χ3n) is 3.19. The van der Waals surface area contributed by atoms with Crippen LogP contribution in [0.1, 0.15) is 13.3 Å². The average molecular weight is 316 g/mol. The molecule has 2 rings (SSSR count). The van der Waals surface area contributed by atoms with E-state index in [4.69, 9.17) is 5.73 Å². The second-order valence-corrected chi connectivity index (χ2v) is 5.80. The first-order valence-corrected chi connectivity index (χ1v) is 6.42. The van der Waals surface area contributed by atoms with Crippen molar-refractivity contribution in [2.45, 2.75) is 13.3 Å². The average Bonchev–Trinajstić information content (AvgIpc) is 2.81. The zero-order valence-electron chi connectivity index (χ0n) is 9.20. The Morgan fingerprint density at radius 3 is 2.73 bits per heavy atom. The summed E-state index contributed by atoms with van der Waals surface area (Å²) >= 11 is 2.29. The van der Waals surface area contributed by atoms with Crippen LogP contribution >= 0.6 is 22.6 Å². The van der Waals surface area contributed by atoms with E-state index in [-0.39, 0.29) is 0 Å². The van der Waals surface area contributed by atoms with Crippen molar-refractivity contribution in [1.29, 1.82) is 0 Å². The topological polar surface area (TPSA) is 29.3 Å². The van der Waals surface area contributed by atoms with E-state index in [9.17, 15) is 0 Å². The summed E-state index contributed by atoms with van der Waals surface area (Å²) in [5.74, 6) is 1.77. The highest BCUT2D eigenvalue weighted by atomic mass is 127. The van der Waals surface area contributed by atoms with Gasteiger partial charge >= 0.3 is 0 Å². The molecule has 0 aromatic heterocycles. The van der Waals surface area contributed by atoms with Gasteiger partial charge in [-0.2, -0.15) is 0 Å². The molecule has 2 N–H and O–H groups in total. The molecule has 1 aromatic rings. The molecule has 0 radical (unpaired) electrons. The summed E-state index contributed by atoms with van der Waals surface area (Å²) in [7, 11) is 2.13. The number of nitrogens with two attached hydrogens (primary N) is 1. The van der Waals surface area contributed by atoms with Gasteiger partial charge in [-0.05, 0) is 59.0 Å². The number of benzene rings is 1. The molecule has 1 aliphatic rings. The molecule has 82 valence electrons. The summed E-state index contributed by atoms with van der Waals surface area (Å²) in [5.41, 5.74) is 8.05. The van der Waals surface area contributed by atoms with Crippen LogP contribution < -0.4 is 10.6 Å². The first kappa shape index (κ1) is 11.0. The van der Waals surface area contributed by atoms with Crippen molar-refractivity contribution in [3.8, 4) is 0 Å². The molecule has 1 aliphatic carbocycles. The van der Waals surface area contributed by atoms with E-state index in [1.807, 2.05) is 6.07 Å². The van der Waals surface area contributed by atoms with Crippen LogP contribution in [0.5, 0.6) is 0 Å². The summed E-state index contributed by atoms with van der Waals surface area (Å²) in [6.07, 6.45) is 1.37. The van der Waals surface area contributed by atoms with Gasteiger partial charge in [-0.15, -0.1) is 0 Å². The van der Waals surface area contributed by atoms with Crippen molar-refractivity contribution in [3.63, 3.8) is 0 Å². The van der Waals surface area contributed by atoms with Crippen LogP contribution in [0.25, 0.3) is 0 Å². The van der Waals surface area contributed by atoms with Gasteiger partial charge in [0.1, 0.15) is 0 Å². The monoisotopic (exact) mass is 316 g/mol. The molecule has 0 aliphatic heterocycles. The molecule has 2 nitrogen and oxygen atoms in total. The summed E-state index contributed by atoms with van der Waals surface area (Å²) in [6, 6.07) is 6.26. The van der Waals surface area contributed by atoms with Gasteiger partial charge in [-0.25, -0.2) is 0 Å². The number of rotatable bonds is 3. The highest BCUT2D eigenvalue weighted by Crippen LogP contribution is 2.39. The zero-order valence-corrected chi connectivity index (χ0v) is 11.4. The van der Waals surface area contributed by atoms with Crippen LogP contribution in [0.3, 0.4) is 0 Å². The van der Waals surface area contributed by atoms with Crippen molar-refractivity contribution in [2.24, 2.45) is 11.8 Å². The summed E-state index contributed by atoms with van der Waals surface area (Å²) in [4.78, 5) is 2.28. The van der Waals surface area contributed by atoms with Gasteiger partial charge in [0, 0.05) is 17.2 Å². The molecule has 2 unspecified atom stereocenters. The van der Waals surface area contributed by atoms with Crippen molar-refractivity contribution in [2.75, 3.05) is 24.2 Å². The Morgan fingerprint density at radius 2 is 2.20 bits per heavy atom. The minimum atomic E-state index is 0.869. The summed E-state index contributed by atoms with van der Waals surface area (Å²) < 4.78 is 1.20. The maximum Gasteiger partial charge on any atom is 0.0598 e. The van der Waals surface area contributed by atoms with Crippen LogP contribution in [0.4, 0.5) is 11.4 Å². The number of nitrogens with zero attached hydrogens (tertiary/aromatic N) is 1. The Bertz CT molecular complexity index is 365. The fourth-order valence-corrected chi connectivity index (χ4v) is 2.49. The maximum atomic E-state index is 6.01. The number of nitrogen functional groups attached to an aromatic ring is 1. The smallest absolute Gasteiger partial charge is 0.0598 e. The number of hydrogen-bond acceptors (Lipinski definition) is 2. The van der Waals surface area contributed by atoms with E-state index in [1.165, 1.54) is 9.99 Å². The van der Waals surface area contributed by atoms with Gasteiger partial charge in [0.25, 0.3) is 0 Å². The van der Waals surface area contributed by atoms with Crippen LogP contribution in [-0.2, 0) is 0 Å². The second kappa shape index (κ2) is 4.20. The second-order valence-electron chi connectivity index (χ2n) is 4.56. The van der Waals surface area contributed by atoms with Crippen LogP contribution in [0.15, 0.2) is 18.2 Å². The number of hydrogen-bond donors (Lipinski definition) is 1. The molecule has 1 aromatic carbocycles. The first-order valence-electron chi connectivity index (χ1n) is 5.34. The lowest BCUT2D eigenvalue weighted by Crippen LogP contribution is -2.21. The normalized spacial score (nSPS) is 23.9. The van der Waals surface area contributed by atoms with Gasteiger partial charge in [-0.1, -0.05) is 6.92 Å². The van der Waals surface area contributed by atoms with E-state index in [1.54, 1.807) is 0 Å². The van der Waals surface area contributed by atoms with E-state index in [0.717, 1.165) is 29.8 Å². The fraction of sp³-hybridized carbons (Fsp3) is 0.500. The minimum Gasteiger partial charge on any atom is -0.397 e. The highest BCUT2D eigenvalue weighted by Gasteiger charge is 2.33. The SMILES string of the molecule is CC1CC1CN(C)c1ccc(I)cc1N. The largest absolute Gasteiger partial charge is 0.397 e. The fourth-order valence-electron chi connectivity index (χ4n) is 1.98. The Labute approximate surface area is 105 Å². The van der Waals surface area contributed by atoms with Crippen LogP contribution in [-0.4, -0.2) is 13.6 Å². The molecule has 1 saturated carbocycles. The summed E-state index contributed by atoms with van der Waals surface area (Å²) in [5, 5.41) is 0. The first-order chi connectivity index (χ1) is 7.08. The molecule has 0 saturated heterocycles. The van der Waals surface area contributed by atoms with Crippen LogP contribution in [0.2, 0.25) is 0 Å². The van der Waals surface area contributed by atoms with Gasteiger partial charge in [0.2, 0.25) is 0 Å². The van der Waals surface area contributed by atoms with Crippen LogP contribution in [0, 0.1) is 15.4 Å². The molecule has 0 bridgehead atoms. The van der Waals surface area contributed by atoms with E-state index in [0.29, 0.717) is 0 Å². The van der Waals surface area contributed by atoms with Gasteiger partial charge < -0.3 is 10.6 Å².